The molecule has 2 rings (SSSR count). The SMILES string of the molecule is CCCC(=Cc1ccccc1)C(=O)OCc1ccccc1. The number of ether oxygens (including phenoxy) is 1. The van der Waals surface area contributed by atoms with Crippen LogP contribution >= 0.6 is 0 Å². The molecule has 21 heavy (non-hydrogen) atoms. The topological polar surface area (TPSA) is 26.3 Å². The first-order chi connectivity index (χ1) is 10.3. The number of esters is 1. The van der Waals surface area contributed by atoms with E-state index in [0.717, 1.165) is 29.5 Å². The molecule has 2 heteroatoms. The van der Waals surface area contributed by atoms with Gasteiger partial charge in [0, 0.05) is 5.57 Å². The second-order valence-corrected chi connectivity index (χ2v) is 4.89. The molecule has 0 heterocycles. The first kappa shape index (κ1) is 15.0. The maximum atomic E-state index is 12.2. The first-order valence-electron chi connectivity index (χ1n) is 7.26. The van der Waals surface area contributed by atoms with Gasteiger partial charge in [-0.25, -0.2) is 4.79 Å². The Morgan fingerprint density at radius 3 is 2.24 bits per heavy atom. The molecule has 0 saturated carbocycles. The molecular weight excluding hydrogens is 260 g/mol. The summed E-state index contributed by atoms with van der Waals surface area (Å²) in [4.78, 5) is 12.2. The fourth-order valence-electron chi connectivity index (χ4n) is 2.07. The van der Waals surface area contributed by atoms with Crippen molar-refractivity contribution in [2.24, 2.45) is 0 Å². The number of hydrogen-bond donors (Lipinski definition) is 0. The summed E-state index contributed by atoms with van der Waals surface area (Å²) in [6.07, 6.45) is 3.55. The summed E-state index contributed by atoms with van der Waals surface area (Å²) < 4.78 is 5.41. The monoisotopic (exact) mass is 280 g/mol. The van der Waals surface area contributed by atoms with Gasteiger partial charge in [0.15, 0.2) is 0 Å². The third-order valence-electron chi connectivity index (χ3n) is 3.13. The van der Waals surface area contributed by atoms with E-state index in [4.69, 9.17) is 4.74 Å². The first-order valence-corrected chi connectivity index (χ1v) is 7.26. The summed E-state index contributed by atoms with van der Waals surface area (Å²) in [5.74, 6) is -0.232. The summed E-state index contributed by atoms with van der Waals surface area (Å²) in [6, 6.07) is 19.6. The molecule has 0 aliphatic carbocycles. The lowest BCUT2D eigenvalue weighted by Crippen LogP contribution is -2.08. The molecule has 2 nitrogen and oxygen atoms in total. The van der Waals surface area contributed by atoms with Gasteiger partial charge < -0.3 is 4.74 Å². The lowest BCUT2D eigenvalue weighted by Gasteiger charge is -2.08. The summed E-state index contributed by atoms with van der Waals surface area (Å²) >= 11 is 0. The van der Waals surface area contributed by atoms with Crippen LogP contribution in [0.15, 0.2) is 66.2 Å². The molecule has 0 unspecified atom stereocenters. The Balaban J connectivity index is 2.04. The Labute approximate surface area is 126 Å². The molecule has 2 aromatic rings. The molecule has 2 aromatic carbocycles. The van der Waals surface area contributed by atoms with Crippen molar-refractivity contribution in [2.75, 3.05) is 0 Å². The molecule has 0 saturated heterocycles. The lowest BCUT2D eigenvalue weighted by atomic mass is 10.1. The van der Waals surface area contributed by atoms with Crippen LogP contribution in [0, 0.1) is 0 Å². The summed E-state index contributed by atoms with van der Waals surface area (Å²) in [5, 5.41) is 0. The second-order valence-electron chi connectivity index (χ2n) is 4.89. The molecule has 0 atom stereocenters. The third-order valence-corrected chi connectivity index (χ3v) is 3.13. The van der Waals surface area contributed by atoms with Crippen LogP contribution in [-0.2, 0) is 16.1 Å². The van der Waals surface area contributed by atoms with Crippen molar-refractivity contribution in [3.8, 4) is 0 Å². The van der Waals surface area contributed by atoms with E-state index in [0.29, 0.717) is 6.61 Å². The molecule has 0 bridgehead atoms. The van der Waals surface area contributed by atoms with Gasteiger partial charge in [-0.1, -0.05) is 74.0 Å². The highest BCUT2D eigenvalue weighted by atomic mass is 16.5. The van der Waals surface area contributed by atoms with E-state index in [2.05, 4.69) is 6.92 Å². The maximum Gasteiger partial charge on any atom is 0.334 e. The van der Waals surface area contributed by atoms with Crippen LogP contribution in [0.4, 0.5) is 0 Å². The molecule has 0 radical (unpaired) electrons. The predicted octanol–water partition coefficient (Wildman–Crippen LogP) is 4.61. The molecule has 0 aliphatic heterocycles. The highest BCUT2D eigenvalue weighted by Gasteiger charge is 2.10. The lowest BCUT2D eigenvalue weighted by molar-refractivity contribution is -0.140. The average molecular weight is 280 g/mol. The van der Waals surface area contributed by atoms with E-state index in [9.17, 15) is 4.79 Å². The van der Waals surface area contributed by atoms with Crippen molar-refractivity contribution in [2.45, 2.75) is 26.4 Å². The molecule has 0 spiro atoms. The van der Waals surface area contributed by atoms with Crippen molar-refractivity contribution in [3.05, 3.63) is 77.4 Å². The van der Waals surface area contributed by atoms with Crippen molar-refractivity contribution < 1.29 is 9.53 Å². The minimum Gasteiger partial charge on any atom is -0.457 e. The molecular formula is C19H20O2. The van der Waals surface area contributed by atoms with Gasteiger partial charge in [-0.2, -0.15) is 0 Å². The van der Waals surface area contributed by atoms with Crippen LogP contribution in [0.5, 0.6) is 0 Å². The van der Waals surface area contributed by atoms with Gasteiger partial charge in [-0.05, 0) is 23.6 Å². The quantitative estimate of drug-likeness (QED) is 0.570. The summed E-state index contributed by atoms with van der Waals surface area (Å²) in [5.41, 5.74) is 2.75. The molecule has 108 valence electrons. The molecule has 0 N–H and O–H groups in total. The van der Waals surface area contributed by atoms with Gasteiger partial charge in [0.05, 0.1) is 0 Å². The molecule has 0 fully saturated rings. The van der Waals surface area contributed by atoms with Crippen molar-refractivity contribution in [1.29, 1.82) is 0 Å². The number of carbonyl (C=O) groups is 1. The van der Waals surface area contributed by atoms with E-state index in [1.165, 1.54) is 0 Å². The van der Waals surface area contributed by atoms with Crippen molar-refractivity contribution in [3.63, 3.8) is 0 Å². The van der Waals surface area contributed by atoms with E-state index in [-0.39, 0.29) is 5.97 Å². The van der Waals surface area contributed by atoms with E-state index in [1.54, 1.807) is 0 Å². The van der Waals surface area contributed by atoms with Crippen LogP contribution in [-0.4, -0.2) is 5.97 Å². The predicted molar refractivity (Wildman–Crippen MR) is 85.6 cm³/mol. The minimum absolute atomic E-state index is 0.232. The summed E-state index contributed by atoms with van der Waals surface area (Å²) in [7, 11) is 0. The van der Waals surface area contributed by atoms with Crippen molar-refractivity contribution >= 4 is 12.0 Å². The molecule has 0 aliphatic rings. The standard InChI is InChI=1S/C19H20O2/c1-2-9-18(14-16-10-5-3-6-11-16)19(20)21-15-17-12-7-4-8-13-17/h3-8,10-14H,2,9,15H2,1H3. The molecule has 0 aromatic heterocycles. The smallest absolute Gasteiger partial charge is 0.334 e. The van der Waals surface area contributed by atoms with Gasteiger partial charge >= 0.3 is 5.97 Å². The van der Waals surface area contributed by atoms with Gasteiger partial charge in [0.1, 0.15) is 6.61 Å². The normalized spacial score (nSPS) is 11.2. The number of rotatable bonds is 6. The van der Waals surface area contributed by atoms with E-state index in [1.807, 2.05) is 66.7 Å². The van der Waals surface area contributed by atoms with Crippen LogP contribution in [0.25, 0.3) is 6.08 Å². The largest absolute Gasteiger partial charge is 0.457 e. The minimum atomic E-state index is -0.232. The average Bonchev–Trinajstić information content (AvgIpc) is 2.54. The van der Waals surface area contributed by atoms with Gasteiger partial charge in [-0.15, -0.1) is 0 Å². The van der Waals surface area contributed by atoms with E-state index >= 15 is 0 Å². The Morgan fingerprint density at radius 2 is 1.62 bits per heavy atom. The van der Waals surface area contributed by atoms with Gasteiger partial charge in [0.2, 0.25) is 0 Å². The highest BCUT2D eigenvalue weighted by molar-refractivity contribution is 5.93. The zero-order valence-corrected chi connectivity index (χ0v) is 12.3. The van der Waals surface area contributed by atoms with Crippen LogP contribution in [0.2, 0.25) is 0 Å². The fourth-order valence-corrected chi connectivity index (χ4v) is 2.07. The van der Waals surface area contributed by atoms with Crippen molar-refractivity contribution in [1.82, 2.24) is 0 Å². The summed E-state index contributed by atoms with van der Waals surface area (Å²) in [6.45, 7) is 2.37. The van der Waals surface area contributed by atoms with Crippen LogP contribution in [0.3, 0.4) is 0 Å². The fraction of sp³-hybridized carbons (Fsp3) is 0.211. The second kappa shape index (κ2) is 8.05. The van der Waals surface area contributed by atoms with Crippen LogP contribution in [0.1, 0.15) is 30.9 Å². The Bertz CT molecular complexity index is 585. The zero-order valence-electron chi connectivity index (χ0n) is 12.3. The number of carbonyl (C=O) groups excluding carboxylic acids is 1. The number of hydrogen-bond acceptors (Lipinski definition) is 2. The zero-order chi connectivity index (χ0) is 14.9. The number of benzene rings is 2. The maximum absolute atomic E-state index is 12.2. The van der Waals surface area contributed by atoms with Crippen LogP contribution < -0.4 is 0 Å². The van der Waals surface area contributed by atoms with Gasteiger partial charge in [0.25, 0.3) is 0 Å². The highest BCUT2D eigenvalue weighted by Crippen LogP contribution is 2.14. The molecule has 0 amide bonds. The Morgan fingerprint density at radius 1 is 1.00 bits per heavy atom. The third kappa shape index (κ3) is 4.92. The Hall–Kier alpha value is -2.35. The Kier molecular flexibility index (Phi) is 5.77. The van der Waals surface area contributed by atoms with E-state index < -0.39 is 0 Å². The van der Waals surface area contributed by atoms with Gasteiger partial charge in [-0.3, -0.25) is 0 Å².